The summed E-state index contributed by atoms with van der Waals surface area (Å²) >= 11 is 0. The van der Waals surface area contributed by atoms with Crippen molar-refractivity contribution >= 4 is 40.2 Å². The molecular weight excluding hydrogens is 462 g/mol. The van der Waals surface area contributed by atoms with Gasteiger partial charge in [-0.25, -0.2) is 9.78 Å². The maximum Gasteiger partial charge on any atom is 0.356 e. The molecule has 0 unspecified atom stereocenters. The van der Waals surface area contributed by atoms with Crippen LogP contribution < -0.4 is 10.6 Å². The molecule has 0 aliphatic carbocycles. The summed E-state index contributed by atoms with van der Waals surface area (Å²) in [6, 6.07) is 2.14. The van der Waals surface area contributed by atoms with E-state index in [2.05, 4.69) is 10.6 Å². The zero-order valence-electron chi connectivity index (χ0n) is 21.6. The number of likely N-dealkylation sites (tertiary alicyclic amines) is 1. The lowest BCUT2D eigenvalue weighted by atomic mass is 10.0. The van der Waals surface area contributed by atoms with E-state index in [-0.39, 0.29) is 35.6 Å². The van der Waals surface area contributed by atoms with Crippen LogP contribution >= 0.6 is 0 Å². The summed E-state index contributed by atoms with van der Waals surface area (Å²) in [7, 11) is 1.34. The average molecular weight is 500 g/mol. The third kappa shape index (κ3) is 5.48. The zero-order chi connectivity index (χ0) is 25.8. The molecule has 0 aromatic carbocycles. The number of pyridine rings is 1. The summed E-state index contributed by atoms with van der Waals surface area (Å²) in [6.07, 6.45) is 5.94. The van der Waals surface area contributed by atoms with Gasteiger partial charge in [0, 0.05) is 44.0 Å². The number of aromatic nitrogens is 2. The van der Waals surface area contributed by atoms with Crippen molar-refractivity contribution in [2.24, 2.45) is 5.92 Å². The molecule has 4 heterocycles. The number of ether oxygens (including phenoxy) is 2. The minimum Gasteiger partial charge on any atom is -0.464 e. The Labute approximate surface area is 211 Å². The number of piperidine rings is 1. The van der Waals surface area contributed by atoms with E-state index in [1.165, 1.54) is 7.11 Å². The van der Waals surface area contributed by atoms with Crippen LogP contribution in [-0.4, -0.2) is 71.2 Å². The molecule has 36 heavy (non-hydrogen) atoms. The first-order chi connectivity index (χ1) is 17.3. The van der Waals surface area contributed by atoms with Gasteiger partial charge < -0.3 is 29.6 Å². The first kappa shape index (κ1) is 25.9. The Morgan fingerprint density at radius 2 is 2.00 bits per heavy atom. The lowest BCUT2D eigenvalue weighted by Gasteiger charge is -2.32. The van der Waals surface area contributed by atoms with E-state index >= 15 is 0 Å². The molecule has 2 amide bonds. The lowest BCUT2D eigenvalue weighted by molar-refractivity contribution is -0.129. The molecule has 196 valence electrons. The number of esters is 1. The summed E-state index contributed by atoms with van der Waals surface area (Å²) in [5.74, 6) is -0.806. The third-order valence-corrected chi connectivity index (χ3v) is 7.31. The molecule has 2 aromatic rings. The molecule has 0 spiro atoms. The van der Waals surface area contributed by atoms with Crippen LogP contribution in [0.15, 0.2) is 12.3 Å². The van der Waals surface area contributed by atoms with E-state index in [9.17, 15) is 14.4 Å². The normalized spacial score (nSPS) is 19.3. The van der Waals surface area contributed by atoms with Crippen molar-refractivity contribution in [2.75, 3.05) is 37.4 Å². The van der Waals surface area contributed by atoms with Gasteiger partial charge in [0.2, 0.25) is 11.8 Å². The highest BCUT2D eigenvalue weighted by Gasteiger charge is 2.30. The molecule has 2 fully saturated rings. The van der Waals surface area contributed by atoms with E-state index in [4.69, 9.17) is 14.5 Å². The lowest BCUT2D eigenvalue weighted by Crippen LogP contribution is -2.41. The number of methoxy groups -OCH3 is 1. The number of anilines is 2. The molecule has 2 aliphatic rings. The largest absolute Gasteiger partial charge is 0.464 e. The van der Waals surface area contributed by atoms with E-state index in [0.29, 0.717) is 49.4 Å². The Bertz CT molecular complexity index is 1120. The van der Waals surface area contributed by atoms with Crippen molar-refractivity contribution in [3.63, 3.8) is 0 Å². The topological polar surface area (TPSA) is 115 Å². The first-order valence-electron chi connectivity index (χ1n) is 12.9. The number of hydrogen-bond acceptors (Lipinski definition) is 7. The van der Waals surface area contributed by atoms with Gasteiger partial charge in [-0.2, -0.15) is 0 Å². The standard InChI is InChI=1S/C26H37N5O5/c1-5-16(2)25(33)29-22-21-13-19(28-18-8-10-30(11-9-18)17(3)32)14-27-24(21)31(23(22)26(34)35-4)15-20-7-6-12-36-20/h13-14,16,18,20,28H,5-12,15H2,1-4H3,(H,29,33)/t16-,20+/m1/s1. The molecule has 4 rings (SSSR count). The third-order valence-electron chi connectivity index (χ3n) is 7.31. The van der Waals surface area contributed by atoms with E-state index < -0.39 is 5.97 Å². The maximum absolute atomic E-state index is 13.0. The molecule has 10 nitrogen and oxygen atoms in total. The van der Waals surface area contributed by atoms with Crippen molar-refractivity contribution in [3.8, 4) is 0 Å². The minimum absolute atomic E-state index is 0.0341. The van der Waals surface area contributed by atoms with Crippen LogP contribution in [0.5, 0.6) is 0 Å². The Morgan fingerprint density at radius 1 is 1.25 bits per heavy atom. The monoisotopic (exact) mass is 499 g/mol. The second-order valence-electron chi connectivity index (χ2n) is 9.78. The minimum atomic E-state index is -0.531. The highest BCUT2D eigenvalue weighted by atomic mass is 16.5. The predicted octanol–water partition coefficient (Wildman–Crippen LogP) is 3.41. The smallest absolute Gasteiger partial charge is 0.356 e. The van der Waals surface area contributed by atoms with Gasteiger partial charge in [-0.1, -0.05) is 13.8 Å². The van der Waals surface area contributed by atoms with Crippen LogP contribution in [0, 0.1) is 5.92 Å². The van der Waals surface area contributed by atoms with Gasteiger partial charge >= 0.3 is 5.97 Å². The quantitative estimate of drug-likeness (QED) is 0.535. The van der Waals surface area contributed by atoms with Crippen molar-refractivity contribution < 1.29 is 23.9 Å². The second kappa shape index (κ2) is 11.3. The summed E-state index contributed by atoms with van der Waals surface area (Å²) < 4.78 is 12.8. The second-order valence-corrected chi connectivity index (χ2v) is 9.78. The molecule has 0 radical (unpaired) electrons. The Balaban J connectivity index is 1.71. The van der Waals surface area contributed by atoms with Gasteiger partial charge in [0.15, 0.2) is 5.69 Å². The fourth-order valence-electron chi connectivity index (χ4n) is 4.92. The molecule has 0 bridgehead atoms. The van der Waals surface area contributed by atoms with Crippen molar-refractivity contribution in [2.45, 2.75) is 71.6 Å². The van der Waals surface area contributed by atoms with Gasteiger partial charge in [-0.05, 0) is 38.2 Å². The predicted molar refractivity (Wildman–Crippen MR) is 137 cm³/mol. The van der Waals surface area contributed by atoms with E-state index in [1.54, 1.807) is 13.1 Å². The number of amides is 2. The van der Waals surface area contributed by atoms with Gasteiger partial charge in [-0.3, -0.25) is 9.59 Å². The molecule has 2 atom stereocenters. The van der Waals surface area contributed by atoms with Crippen LogP contribution in [-0.2, 0) is 25.6 Å². The van der Waals surface area contributed by atoms with Crippen LogP contribution in [0.2, 0.25) is 0 Å². The van der Waals surface area contributed by atoms with Crippen molar-refractivity contribution in [1.29, 1.82) is 0 Å². The first-order valence-corrected chi connectivity index (χ1v) is 12.9. The molecule has 2 saturated heterocycles. The molecule has 2 aliphatic heterocycles. The van der Waals surface area contributed by atoms with Crippen LogP contribution in [0.4, 0.5) is 11.4 Å². The fraction of sp³-hybridized carbons (Fsp3) is 0.615. The molecule has 0 saturated carbocycles. The fourth-order valence-corrected chi connectivity index (χ4v) is 4.92. The van der Waals surface area contributed by atoms with E-state index in [1.807, 2.05) is 29.4 Å². The summed E-state index contributed by atoms with van der Waals surface area (Å²) in [5.41, 5.74) is 2.09. The summed E-state index contributed by atoms with van der Waals surface area (Å²) in [4.78, 5) is 44.2. The Kier molecular flexibility index (Phi) is 8.13. The SMILES string of the molecule is CC[C@@H](C)C(=O)Nc1c(C(=O)OC)n(C[C@@H]2CCCO2)c2ncc(NC3CCN(C(C)=O)CC3)cc12. The van der Waals surface area contributed by atoms with Crippen LogP contribution in [0.1, 0.15) is 63.4 Å². The Morgan fingerprint density at radius 3 is 2.61 bits per heavy atom. The van der Waals surface area contributed by atoms with Gasteiger partial charge in [0.1, 0.15) is 5.65 Å². The number of fused-ring (bicyclic) bond motifs is 1. The highest BCUT2D eigenvalue weighted by molar-refractivity contribution is 6.11. The van der Waals surface area contributed by atoms with Gasteiger partial charge in [0.05, 0.1) is 37.3 Å². The van der Waals surface area contributed by atoms with Gasteiger partial charge in [0.25, 0.3) is 0 Å². The maximum atomic E-state index is 13.0. The van der Waals surface area contributed by atoms with E-state index in [0.717, 1.165) is 31.4 Å². The highest BCUT2D eigenvalue weighted by Crippen LogP contribution is 2.34. The van der Waals surface area contributed by atoms with Crippen LogP contribution in [0.3, 0.4) is 0 Å². The van der Waals surface area contributed by atoms with Crippen molar-refractivity contribution in [1.82, 2.24) is 14.5 Å². The average Bonchev–Trinajstić information content (AvgIpc) is 3.50. The number of hydrogen-bond donors (Lipinski definition) is 2. The molecule has 2 N–H and O–H groups in total. The number of carbonyl (C=O) groups excluding carboxylic acids is 3. The number of nitrogens with one attached hydrogen (secondary N) is 2. The van der Waals surface area contributed by atoms with Crippen molar-refractivity contribution in [3.05, 3.63) is 18.0 Å². The van der Waals surface area contributed by atoms with Crippen LogP contribution in [0.25, 0.3) is 11.0 Å². The summed E-state index contributed by atoms with van der Waals surface area (Å²) in [5, 5.41) is 7.21. The molecule has 2 aromatic heterocycles. The zero-order valence-corrected chi connectivity index (χ0v) is 21.6. The molecule has 10 heteroatoms. The molecular formula is C26H37N5O5. The van der Waals surface area contributed by atoms with Gasteiger partial charge in [-0.15, -0.1) is 0 Å². The number of nitrogens with zero attached hydrogens (tertiary/aromatic N) is 3. The summed E-state index contributed by atoms with van der Waals surface area (Å²) in [6.45, 7) is 7.97. The Hall–Kier alpha value is -3.14. The number of rotatable bonds is 8. The number of carbonyl (C=O) groups is 3.